The summed E-state index contributed by atoms with van der Waals surface area (Å²) in [6.07, 6.45) is 4.90. The molecule has 0 aromatic heterocycles. The predicted molar refractivity (Wildman–Crippen MR) is 121 cm³/mol. The van der Waals surface area contributed by atoms with Gasteiger partial charge in [-0.25, -0.2) is 0 Å². The molecule has 1 aliphatic rings. The number of piperidine rings is 1. The van der Waals surface area contributed by atoms with Crippen LogP contribution >= 0.6 is 0 Å². The zero-order chi connectivity index (χ0) is 21.2. The molecule has 0 bridgehead atoms. The first-order valence-electron chi connectivity index (χ1n) is 11.4. The van der Waals surface area contributed by atoms with Gasteiger partial charge in [0.2, 0.25) is 0 Å². The summed E-state index contributed by atoms with van der Waals surface area (Å²) in [6, 6.07) is 19.4. The lowest BCUT2D eigenvalue weighted by molar-refractivity contribution is -0.143. The normalized spacial score (nSPS) is 16.3. The molecule has 0 spiro atoms. The highest BCUT2D eigenvalue weighted by atomic mass is 16.5. The summed E-state index contributed by atoms with van der Waals surface area (Å²) in [5.41, 5.74) is 3.79. The van der Waals surface area contributed by atoms with Crippen molar-refractivity contribution in [3.63, 3.8) is 0 Å². The lowest BCUT2D eigenvalue weighted by Gasteiger charge is -2.34. The van der Waals surface area contributed by atoms with Crippen molar-refractivity contribution in [3.05, 3.63) is 71.3 Å². The molecule has 1 heterocycles. The number of benzene rings is 2. The van der Waals surface area contributed by atoms with Crippen LogP contribution in [0.5, 0.6) is 0 Å². The van der Waals surface area contributed by atoms with Crippen molar-refractivity contribution >= 4 is 5.97 Å². The van der Waals surface area contributed by atoms with Crippen LogP contribution in [-0.2, 0) is 20.7 Å². The fourth-order valence-corrected chi connectivity index (χ4v) is 4.07. The first-order valence-corrected chi connectivity index (χ1v) is 11.4. The average Bonchev–Trinajstić information content (AvgIpc) is 2.78. The van der Waals surface area contributed by atoms with Gasteiger partial charge in [-0.3, -0.25) is 4.79 Å². The maximum absolute atomic E-state index is 11.6. The third-order valence-electron chi connectivity index (χ3n) is 5.72. The zero-order valence-corrected chi connectivity index (χ0v) is 18.4. The van der Waals surface area contributed by atoms with Crippen molar-refractivity contribution in [1.82, 2.24) is 4.90 Å². The van der Waals surface area contributed by atoms with E-state index >= 15 is 0 Å². The minimum atomic E-state index is -0.105. The molecule has 1 aliphatic heterocycles. The Morgan fingerprint density at radius 3 is 2.30 bits per heavy atom. The Hall–Kier alpha value is -2.17. The molecule has 0 aliphatic carbocycles. The van der Waals surface area contributed by atoms with E-state index in [0.29, 0.717) is 13.0 Å². The van der Waals surface area contributed by atoms with Crippen LogP contribution in [0.3, 0.4) is 0 Å². The van der Waals surface area contributed by atoms with E-state index in [2.05, 4.69) is 60.4 Å². The van der Waals surface area contributed by atoms with Gasteiger partial charge in [-0.2, -0.15) is 0 Å². The van der Waals surface area contributed by atoms with E-state index in [4.69, 9.17) is 9.47 Å². The molecule has 162 valence electrons. The number of nitrogens with zero attached hydrogens (tertiary/aromatic N) is 1. The summed E-state index contributed by atoms with van der Waals surface area (Å²) >= 11 is 0. The largest absolute Gasteiger partial charge is 0.466 e. The molecule has 0 saturated carbocycles. The second kappa shape index (κ2) is 11.9. The van der Waals surface area contributed by atoms with Crippen LogP contribution in [0.2, 0.25) is 0 Å². The molecule has 0 amide bonds. The van der Waals surface area contributed by atoms with E-state index in [9.17, 15) is 4.79 Å². The third kappa shape index (κ3) is 6.68. The number of rotatable bonds is 10. The second-order valence-electron chi connectivity index (χ2n) is 8.01. The van der Waals surface area contributed by atoms with Crippen LogP contribution in [-0.4, -0.2) is 43.2 Å². The number of carbonyl (C=O) groups is 1. The van der Waals surface area contributed by atoms with Crippen LogP contribution < -0.4 is 0 Å². The average molecular weight is 410 g/mol. The molecule has 0 N–H and O–H groups in total. The van der Waals surface area contributed by atoms with E-state index < -0.39 is 0 Å². The van der Waals surface area contributed by atoms with Crippen LogP contribution in [0.25, 0.3) is 0 Å². The second-order valence-corrected chi connectivity index (χ2v) is 8.01. The Bertz CT molecular complexity index is 752. The van der Waals surface area contributed by atoms with Gasteiger partial charge < -0.3 is 14.4 Å². The molecule has 1 fully saturated rings. The number of hydrogen-bond acceptors (Lipinski definition) is 4. The van der Waals surface area contributed by atoms with Gasteiger partial charge in [-0.05, 0) is 42.9 Å². The maximum atomic E-state index is 11.6. The summed E-state index contributed by atoms with van der Waals surface area (Å²) < 4.78 is 11.7. The van der Waals surface area contributed by atoms with Crippen LogP contribution in [0.15, 0.2) is 54.6 Å². The highest BCUT2D eigenvalue weighted by Gasteiger charge is 2.25. The number of hydrogen-bond donors (Lipinski definition) is 0. The van der Waals surface area contributed by atoms with Crippen LogP contribution in [0.4, 0.5) is 0 Å². The smallest absolute Gasteiger partial charge is 0.307 e. The van der Waals surface area contributed by atoms with E-state index in [0.717, 1.165) is 45.3 Å². The number of aryl methyl sites for hydroxylation is 1. The summed E-state index contributed by atoms with van der Waals surface area (Å²) in [4.78, 5) is 13.9. The topological polar surface area (TPSA) is 38.8 Å². The lowest BCUT2D eigenvalue weighted by atomic mass is 9.98. The first-order chi connectivity index (χ1) is 14.7. The summed E-state index contributed by atoms with van der Waals surface area (Å²) in [7, 11) is 0. The fourth-order valence-electron chi connectivity index (χ4n) is 4.07. The molecule has 1 atom stereocenters. The molecule has 4 heteroatoms. The highest BCUT2D eigenvalue weighted by Crippen LogP contribution is 2.30. The predicted octanol–water partition coefficient (Wildman–Crippen LogP) is 5.16. The Morgan fingerprint density at radius 2 is 1.67 bits per heavy atom. The van der Waals surface area contributed by atoms with Crippen molar-refractivity contribution in [1.29, 1.82) is 0 Å². The monoisotopic (exact) mass is 409 g/mol. The van der Waals surface area contributed by atoms with Crippen molar-refractivity contribution in [3.8, 4) is 0 Å². The fraction of sp³-hybridized carbons (Fsp3) is 0.500. The van der Waals surface area contributed by atoms with Gasteiger partial charge in [0.25, 0.3) is 0 Å². The van der Waals surface area contributed by atoms with Crippen molar-refractivity contribution in [2.45, 2.75) is 58.2 Å². The molecule has 0 radical (unpaired) electrons. The molecule has 1 unspecified atom stereocenters. The SMILES string of the molecule is CCCc1ccc(C(OC2CCN(CCC(=O)OCC)CC2)c2ccccc2)cc1. The van der Waals surface area contributed by atoms with E-state index in [1.54, 1.807) is 0 Å². The van der Waals surface area contributed by atoms with Gasteiger partial charge in [-0.1, -0.05) is 67.9 Å². The molecule has 2 aromatic rings. The number of likely N-dealkylation sites (tertiary alicyclic amines) is 1. The minimum absolute atomic E-state index is 0.0436. The Kier molecular flexibility index (Phi) is 8.91. The summed E-state index contributed by atoms with van der Waals surface area (Å²) in [5, 5.41) is 0. The number of esters is 1. The molecular weight excluding hydrogens is 374 g/mol. The molecule has 1 saturated heterocycles. The molecule has 2 aromatic carbocycles. The van der Waals surface area contributed by atoms with Gasteiger partial charge >= 0.3 is 5.97 Å². The third-order valence-corrected chi connectivity index (χ3v) is 5.72. The zero-order valence-electron chi connectivity index (χ0n) is 18.4. The van der Waals surface area contributed by atoms with Gasteiger partial charge in [0, 0.05) is 19.6 Å². The van der Waals surface area contributed by atoms with E-state index in [1.165, 1.54) is 16.7 Å². The molecular formula is C26H35NO3. The number of ether oxygens (including phenoxy) is 2. The lowest BCUT2D eigenvalue weighted by Crippen LogP contribution is -2.38. The summed E-state index contributed by atoms with van der Waals surface area (Å²) in [6.45, 7) is 7.20. The van der Waals surface area contributed by atoms with Crippen molar-refractivity contribution in [2.24, 2.45) is 0 Å². The Balaban J connectivity index is 1.60. The van der Waals surface area contributed by atoms with Gasteiger partial charge in [0.15, 0.2) is 0 Å². The molecule has 4 nitrogen and oxygen atoms in total. The van der Waals surface area contributed by atoms with E-state index in [-0.39, 0.29) is 18.2 Å². The van der Waals surface area contributed by atoms with Crippen molar-refractivity contribution in [2.75, 3.05) is 26.2 Å². The Morgan fingerprint density at radius 1 is 1.00 bits per heavy atom. The van der Waals surface area contributed by atoms with E-state index in [1.807, 2.05) is 13.0 Å². The van der Waals surface area contributed by atoms with Crippen LogP contribution in [0.1, 0.15) is 62.3 Å². The number of carbonyl (C=O) groups excluding carboxylic acids is 1. The first kappa shape index (κ1) is 22.5. The Labute approximate surface area is 181 Å². The molecule has 3 rings (SSSR count). The quantitative estimate of drug-likeness (QED) is 0.508. The summed E-state index contributed by atoms with van der Waals surface area (Å²) in [5.74, 6) is -0.105. The minimum Gasteiger partial charge on any atom is -0.466 e. The standard InChI is InChI=1S/C26H35NO3/c1-3-8-21-11-13-23(14-12-21)26(22-9-6-5-7-10-22)30-24-15-18-27(19-16-24)20-17-25(28)29-4-2/h5-7,9-14,24,26H,3-4,8,15-20H2,1-2H3. The van der Waals surface area contributed by atoms with Crippen molar-refractivity contribution < 1.29 is 14.3 Å². The maximum Gasteiger partial charge on any atom is 0.307 e. The molecule has 30 heavy (non-hydrogen) atoms. The van der Waals surface area contributed by atoms with Gasteiger partial charge in [-0.15, -0.1) is 0 Å². The van der Waals surface area contributed by atoms with Gasteiger partial charge in [0.05, 0.1) is 19.1 Å². The van der Waals surface area contributed by atoms with Crippen LogP contribution in [0, 0.1) is 0 Å². The highest BCUT2D eigenvalue weighted by molar-refractivity contribution is 5.69. The van der Waals surface area contributed by atoms with Gasteiger partial charge in [0.1, 0.15) is 6.10 Å².